The lowest BCUT2D eigenvalue weighted by Gasteiger charge is -2.20. The average Bonchev–Trinajstić information content (AvgIpc) is 2.47. The summed E-state index contributed by atoms with van der Waals surface area (Å²) >= 11 is 0. The number of nitrogens with one attached hydrogen (secondary N) is 1. The molecular formula is C15H17N3O3. The number of hydrogen-bond donors (Lipinski definition) is 1. The summed E-state index contributed by atoms with van der Waals surface area (Å²) in [5.74, 6) is -0.486. The molecule has 110 valence electrons. The first-order valence-electron chi connectivity index (χ1n) is 6.43. The second-order valence-electron chi connectivity index (χ2n) is 4.10. The van der Waals surface area contributed by atoms with Crippen molar-refractivity contribution in [3.8, 4) is 6.07 Å². The van der Waals surface area contributed by atoms with Gasteiger partial charge in [0.05, 0.1) is 18.2 Å². The van der Waals surface area contributed by atoms with Gasteiger partial charge in [0.25, 0.3) is 0 Å². The molecule has 0 radical (unpaired) electrons. The summed E-state index contributed by atoms with van der Waals surface area (Å²) in [4.78, 5) is 24.9. The maximum Gasteiger partial charge on any atom is 0.325 e. The molecule has 0 heterocycles. The number of esters is 1. The van der Waals surface area contributed by atoms with Crippen molar-refractivity contribution in [2.45, 2.75) is 6.92 Å². The van der Waals surface area contributed by atoms with Crippen LogP contribution in [0.4, 0.5) is 10.5 Å². The molecular weight excluding hydrogens is 270 g/mol. The number of carbonyl (C=O) groups is 2. The van der Waals surface area contributed by atoms with E-state index in [0.29, 0.717) is 11.3 Å². The maximum absolute atomic E-state index is 12.1. The monoisotopic (exact) mass is 287 g/mol. The summed E-state index contributed by atoms with van der Waals surface area (Å²) in [7, 11) is 0. The van der Waals surface area contributed by atoms with E-state index in [-0.39, 0.29) is 19.7 Å². The average molecular weight is 287 g/mol. The summed E-state index contributed by atoms with van der Waals surface area (Å²) in [5, 5.41) is 11.4. The van der Waals surface area contributed by atoms with Gasteiger partial charge in [0.15, 0.2) is 0 Å². The van der Waals surface area contributed by atoms with E-state index in [0.717, 1.165) is 0 Å². The van der Waals surface area contributed by atoms with Gasteiger partial charge >= 0.3 is 12.0 Å². The van der Waals surface area contributed by atoms with Crippen LogP contribution < -0.4 is 5.32 Å². The van der Waals surface area contributed by atoms with Gasteiger partial charge in [-0.1, -0.05) is 12.1 Å². The molecule has 21 heavy (non-hydrogen) atoms. The number of carbonyl (C=O) groups excluding carboxylic acids is 2. The molecule has 2 amide bonds. The highest BCUT2D eigenvalue weighted by Gasteiger charge is 2.16. The van der Waals surface area contributed by atoms with Crippen LogP contribution in [0.1, 0.15) is 12.5 Å². The number of rotatable bonds is 6. The molecule has 1 aromatic rings. The molecule has 0 spiro atoms. The smallest absolute Gasteiger partial charge is 0.325 e. The number of ether oxygens (including phenoxy) is 1. The third kappa shape index (κ3) is 5.37. The molecule has 0 aromatic heterocycles. The van der Waals surface area contributed by atoms with Gasteiger partial charge in [0, 0.05) is 12.2 Å². The van der Waals surface area contributed by atoms with E-state index in [1.807, 2.05) is 6.07 Å². The summed E-state index contributed by atoms with van der Waals surface area (Å²) < 4.78 is 4.82. The second kappa shape index (κ2) is 8.38. The van der Waals surface area contributed by atoms with Gasteiger partial charge in [-0.2, -0.15) is 5.26 Å². The Morgan fingerprint density at radius 2 is 2.29 bits per heavy atom. The van der Waals surface area contributed by atoms with Crippen LogP contribution in [-0.2, 0) is 9.53 Å². The summed E-state index contributed by atoms with van der Waals surface area (Å²) in [6.07, 6.45) is 1.52. The number of anilines is 1. The minimum atomic E-state index is -0.486. The molecule has 0 fully saturated rings. The van der Waals surface area contributed by atoms with Gasteiger partial charge in [0.2, 0.25) is 0 Å². The fraction of sp³-hybridized carbons (Fsp3) is 0.267. The van der Waals surface area contributed by atoms with Crippen molar-refractivity contribution in [2.24, 2.45) is 0 Å². The first-order valence-corrected chi connectivity index (χ1v) is 6.43. The molecule has 0 aliphatic rings. The van der Waals surface area contributed by atoms with Crippen LogP contribution in [0.25, 0.3) is 0 Å². The lowest BCUT2D eigenvalue weighted by atomic mass is 10.2. The van der Waals surface area contributed by atoms with Gasteiger partial charge in [-0.05, 0) is 25.1 Å². The summed E-state index contributed by atoms with van der Waals surface area (Å²) in [5.41, 5.74) is 0.922. The fourth-order valence-electron chi connectivity index (χ4n) is 1.61. The quantitative estimate of drug-likeness (QED) is 0.642. The highest BCUT2D eigenvalue weighted by molar-refractivity contribution is 5.91. The Bertz CT molecular complexity index is 564. The number of nitrogens with zero attached hydrogens (tertiary/aromatic N) is 2. The molecule has 0 bridgehead atoms. The fourth-order valence-corrected chi connectivity index (χ4v) is 1.61. The van der Waals surface area contributed by atoms with Crippen LogP contribution in [-0.4, -0.2) is 36.6 Å². The Balaban J connectivity index is 2.74. The molecule has 0 saturated carbocycles. The molecule has 1 aromatic carbocycles. The SMILES string of the molecule is C=CCN(CC(=O)OCC)C(=O)Nc1cccc(C#N)c1. The van der Waals surface area contributed by atoms with E-state index in [4.69, 9.17) is 10.00 Å². The molecule has 6 heteroatoms. The molecule has 0 atom stereocenters. The second-order valence-corrected chi connectivity index (χ2v) is 4.10. The summed E-state index contributed by atoms with van der Waals surface area (Å²) in [6, 6.07) is 8.04. The van der Waals surface area contributed by atoms with Crippen LogP contribution in [0.15, 0.2) is 36.9 Å². The largest absolute Gasteiger partial charge is 0.465 e. The Morgan fingerprint density at radius 3 is 2.90 bits per heavy atom. The predicted molar refractivity (Wildman–Crippen MR) is 78.6 cm³/mol. The van der Waals surface area contributed by atoms with E-state index in [1.54, 1.807) is 31.2 Å². The highest BCUT2D eigenvalue weighted by atomic mass is 16.5. The van der Waals surface area contributed by atoms with Crippen LogP contribution >= 0.6 is 0 Å². The zero-order chi connectivity index (χ0) is 15.7. The van der Waals surface area contributed by atoms with Gasteiger partial charge in [-0.3, -0.25) is 4.79 Å². The van der Waals surface area contributed by atoms with Crippen LogP contribution in [0.3, 0.4) is 0 Å². The van der Waals surface area contributed by atoms with Crippen molar-refractivity contribution in [2.75, 3.05) is 25.0 Å². The van der Waals surface area contributed by atoms with Gasteiger partial charge in [0.1, 0.15) is 6.54 Å². The van der Waals surface area contributed by atoms with Crippen molar-refractivity contribution in [3.63, 3.8) is 0 Å². The number of urea groups is 1. The van der Waals surface area contributed by atoms with Crippen molar-refractivity contribution >= 4 is 17.7 Å². The van der Waals surface area contributed by atoms with Crippen molar-refractivity contribution in [1.29, 1.82) is 5.26 Å². The van der Waals surface area contributed by atoms with E-state index in [2.05, 4.69) is 11.9 Å². The van der Waals surface area contributed by atoms with Crippen LogP contribution in [0, 0.1) is 11.3 Å². The molecule has 1 N–H and O–H groups in total. The molecule has 0 unspecified atom stereocenters. The maximum atomic E-state index is 12.1. The van der Waals surface area contributed by atoms with Gasteiger partial charge < -0.3 is 15.0 Å². The number of benzene rings is 1. The van der Waals surface area contributed by atoms with E-state index in [9.17, 15) is 9.59 Å². The molecule has 6 nitrogen and oxygen atoms in total. The summed E-state index contributed by atoms with van der Waals surface area (Å²) in [6.45, 7) is 5.56. The number of hydrogen-bond acceptors (Lipinski definition) is 4. The molecule has 0 saturated heterocycles. The Morgan fingerprint density at radius 1 is 1.52 bits per heavy atom. The Kier molecular flexibility index (Phi) is 6.48. The zero-order valence-electron chi connectivity index (χ0n) is 11.8. The highest BCUT2D eigenvalue weighted by Crippen LogP contribution is 2.10. The van der Waals surface area contributed by atoms with Crippen LogP contribution in [0.5, 0.6) is 0 Å². The molecule has 1 rings (SSSR count). The third-order valence-electron chi connectivity index (χ3n) is 2.50. The molecule has 0 aliphatic carbocycles. The Labute approximate surface area is 123 Å². The molecule has 0 aliphatic heterocycles. The van der Waals surface area contributed by atoms with E-state index < -0.39 is 12.0 Å². The normalized spacial score (nSPS) is 9.33. The van der Waals surface area contributed by atoms with E-state index in [1.165, 1.54) is 11.0 Å². The minimum Gasteiger partial charge on any atom is -0.465 e. The Hall–Kier alpha value is -2.81. The third-order valence-corrected chi connectivity index (χ3v) is 2.50. The first kappa shape index (κ1) is 16.2. The van der Waals surface area contributed by atoms with Crippen molar-refractivity contribution in [3.05, 3.63) is 42.5 Å². The lowest BCUT2D eigenvalue weighted by Crippen LogP contribution is -2.39. The first-order chi connectivity index (χ1) is 10.1. The topological polar surface area (TPSA) is 82.4 Å². The van der Waals surface area contributed by atoms with Crippen molar-refractivity contribution < 1.29 is 14.3 Å². The van der Waals surface area contributed by atoms with Gasteiger partial charge in [-0.25, -0.2) is 4.79 Å². The lowest BCUT2D eigenvalue weighted by molar-refractivity contribution is -0.143. The minimum absolute atomic E-state index is 0.163. The zero-order valence-corrected chi connectivity index (χ0v) is 11.8. The van der Waals surface area contributed by atoms with E-state index >= 15 is 0 Å². The van der Waals surface area contributed by atoms with Crippen LogP contribution in [0.2, 0.25) is 0 Å². The predicted octanol–water partition coefficient (Wildman–Crippen LogP) is 2.14. The van der Waals surface area contributed by atoms with Gasteiger partial charge in [-0.15, -0.1) is 6.58 Å². The number of amides is 2. The van der Waals surface area contributed by atoms with Crippen molar-refractivity contribution in [1.82, 2.24) is 4.90 Å². The standard InChI is InChI=1S/C15H17N3O3/c1-3-8-18(11-14(19)21-4-2)15(20)17-13-7-5-6-12(9-13)10-16/h3,5-7,9H,1,4,8,11H2,2H3,(H,17,20). The number of nitriles is 1.